The quantitative estimate of drug-likeness (QED) is 0.0362. The number of carbonyl (C=O) groups is 14. The van der Waals surface area contributed by atoms with Crippen LogP contribution < -0.4 is 31.9 Å². The van der Waals surface area contributed by atoms with Crippen LogP contribution in [0.2, 0.25) is 0 Å². The van der Waals surface area contributed by atoms with Crippen LogP contribution in [0.4, 0.5) is 28.8 Å². The Kier molecular flexibility index (Phi) is 54.2. The number of aliphatic carboxylic acids is 8. The summed E-state index contributed by atoms with van der Waals surface area (Å²) in [7, 11) is 7.22. The van der Waals surface area contributed by atoms with Gasteiger partial charge in [-0.1, -0.05) is 74.5 Å². The second kappa shape index (κ2) is 60.2. The Morgan fingerprint density at radius 2 is 0.760 bits per heavy atom. The minimum absolute atomic E-state index is 0.00467. The van der Waals surface area contributed by atoms with Crippen molar-refractivity contribution in [3.05, 3.63) is 71.8 Å². The molecule has 125 heavy (non-hydrogen) atoms. The molecule has 6 heterocycles. The fourth-order valence-corrected chi connectivity index (χ4v) is 14.6. The largest absolute Gasteiger partial charge is 0.480 e. The Morgan fingerprint density at radius 3 is 1.07 bits per heavy atom. The zero-order valence-electron chi connectivity index (χ0n) is 74.5. The predicted octanol–water partition coefficient (Wildman–Crippen LogP) is 7.72. The minimum Gasteiger partial charge on any atom is -0.480 e. The highest BCUT2D eigenvalue weighted by Gasteiger charge is 2.41. The fraction of sp³-hybridized carbons (Fsp3) is 0.687. The van der Waals surface area contributed by atoms with E-state index in [2.05, 4.69) is 60.3 Å². The third-order valence-electron chi connectivity index (χ3n) is 20.7. The molecule has 14 N–H and O–H groups in total. The smallest absolute Gasteiger partial charge is 0.407 e. The third kappa shape index (κ3) is 43.3. The SMILES string of the molecule is CCN(CC)[C@@H](C(=O)O)c1ccccc1.CCOC(C)C(NC(=O)OC)C(=O)O.COC(=O)NC(C(=O)O)C1CCOC(C)(C)C1.COC(=O)NC(C(=O)O)C1CCOCC1.COC(=O)NC(C(=O)O)C1CCO[C@H](C)C1.COC(=O)NC(C(=O)O)C1C[C@@H](C)O[C@@H](C)C1.COC(=O)NC(C(=O)O)C1C[C@@H](C)O[C@H](C)C1.O=C(O)[C@@H](c1ccccc1)N1CCC1. The molecule has 6 aliphatic rings. The summed E-state index contributed by atoms with van der Waals surface area (Å²) in [5.74, 6) is -8.50. The first kappa shape index (κ1) is 113. The number of nitrogens with zero attached hydrogens (tertiary/aromatic N) is 2. The van der Waals surface area contributed by atoms with Gasteiger partial charge in [0.05, 0.1) is 84.9 Å². The number of amides is 6. The summed E-state index contributed by atoms with van der Waals surface area (Å²) in [5.41, 5.74) is 1.36. The maximum absolute atomic E-state index is 11.2. The molecule has 6 fully saturated rings. The number of benzene rings is 2. The molecule has 10 unspecified atom stereocenters. The number of nitrogens with one attached hydrogen (secondary N) is 6. The molecule has 0 aromatic heterocycles. The van der Waals surface area contributed by atoms with E-state index in [1.165, 1.54) is 42.7 Å². The number of alkyl carbamates (subject to hydrolysis) is 6. The van der Waals surface area contributed by atoms with Crippen molar-refractivity contribution in [2.75, 3.05) is 102 Å². The lowest BCUT2D eigenvalue weighted by atomic mass is 9.83. The van der Waals surface area contributed by atoms with E-state index in [-0.39, 0.29) is 65.7 Å². The third-order valence-corrected chi connectivity index (χ3v) is 20.7. The number of hydrogen-bond acceptors (Lipinski definition) is 28. The van der Waals surface area contributed by atoms with Gasteiger partial charge in [0.1, 0.15) is 42.3 Å². The van der Waals surface area contributed by atoms with E-state index in [4.69, 9.17) is 64.2 Å². The second-order valence-electron chi connectivity index (χ2n) is 30.5. The molecular weight excluding hydrogens is 1650 g/mol. The number of methoxy groups -OCH3 is 6. The lowest BCUT2D eigenvalue weighted by Crippen LogP contribution is -2.50. The van der Waals surface area contributed by atoms with Crippen LogP contribution in [0.3, 0.4) is 0 Å². The van der Waals surface area contributed by atoms with Gasteiger partial charge in [-0.15, -0.1) is 0 Å². The lowest BCUT2D eigenvalue weighted by molar-refractivity contribution is -0.146. The number of carboxylic acids is 8. The average Bonchev–Trinajstić information content (AvgIpc) is 0.860. The normalized spacial score (nSPS) is 22.6. The van der Waals surface area contributed by atoms with E-state index in [0.717, 1.165) is 43.7 Å². The lowest BCUT2D eigenvalue weighted by Gasteiger charge is -2.37. The summed E-state index contributed by atoms with van der Waals surface area (Å²) in [4.78, 5) is 158. The molecule has 2 aromatic carbocycles. The summed E-state index contributed by atoms with van der Waals surface area (Å²) in [6.07, 6.45) is 2.39. The molecular formula is C83H134N8O34. The van der Waals surface area contributed by atoms with Crippen LogP contribution in [-0.2, 0) is 95.2 Å². The predicted molar refractivity (Wildman–Crippen MR) is 446 cm³/mol. The monoisotopic (exact) mass is 1790 g/mol. The maximum atomic E-state index is 11.2. The summed E-state index contributed by atoms with van der Waals surface area (Å²) >= 11 is 0. The van der Waals surface area contributed by atoms with Crippen LogP contribution in [0.1, 0.15) is 170 Å². The van der Waals surface area contributed by atoms with Gasteiger partial charge in [-0.25, -0.2) is 57.5 Å². The van der Waals surface area contributed by atoms with Crippen LogP contribution in [0, 0.1) is 29.6 Å². The molecule has 42 nitrogen and oxygen atoms in total. The summed E-state index contributed by atoms with van der Waals surface area (Å²) < 4.78 is 58.5. The zero-order chi connectivity index (χ0) is 94.8. The van der Waals surface area contributed by atoms with Crippen LogP contribution >= 0.6 is 0 Å². The molecule has 6 aliphatic heterocycles. The number of carboxylic acid groups (broad SMARTS) is 8. The number of carbonyl (C=O) groups excluding carboxylic acids is 6. The van der Waals surface area contributed by atoms with Crippen molar-refractivity contribution in [3.63, 3.8) is 0 Å². The molecule has 0 aliphatic carbocycles. The Hall–Kier alpha value is -10.5. The number of likely N-dealkylation sites (tertiary alicyclic amines) is 1. The topological polar surface area (TPSA) is 590 Å². The summed E-state index contributed by atoms with van der Waals surface area (Å²) in [6, 6.07) is 12.1. The molecule has 2 aromatic rings. The van der Waals surface area contributed by atoms with Crippen molar-refractivity contribution in [1.29, 1.82) is 0 Å². The molecule has 6 amide bonds. The Morgan fingerprint density at radius 1 is 0.424 bits per heavy atom. The van der Waals surface area contributed by atoms with Gasteiger partial charge in [0.15, 0.2) is 6.04 Å². The average molecular weight is 1790 g/mol. The Labute approximate surface area is 728 Å². The van der Waals surface area contributed by atoms with Crippen LogP contribution in [0.15, 0.2) is 60.7 Å². The van der Waals surface area contributed by atoms with Gasteiger partial charge in [0.2, 0.25) is 0 Å². The van der Waals surface area contributed by atoms with Crippen molar-refractivity contribution in [3.8, 4) is 0 Å². The van der Waals surface area contributed by atoms with Crippen molar-refractivity contribution in [2.24, 2.45) is 29.6 Å². The van der Waals surface area contributed by atoms with Gasteiger partial charge >= 0.3 is 84.3 Å². The van der Waals surface area contributed by atoms with E-state index in [9.17, 15) is 72.2 Å². The van der Waals surface area contributed by atoms with Gasteiger partial charge < -0.3 is 130 Å². The molecule has 0 saturated carbocycles. The molecule has 0 bridgehead atoms. The second-order valence-corrected chi connectivity index (χ2v) is 30.5. The molecule has 17 atom stereocenters. The Bertz CT molecular complexity index is 3470. The minimum atomic E-state index is -1.16. The van der Waals surface area contributed by atoms with Crippen molar-refractivity contribution < 1.29 is 165 Å². The molecule has 0 radical (unpaired) electrons. The summed E-state index contributed by atoms with van der Waals surface area (Å²) in [6.45, 7) is 26.3. The van der Waals surface area contributed by atoms with Crippen LogP contribution in [0.25, 0.3) is 0 Å². The van der Waals surface area contributed by atoms with Gasteiger partial charge in [0.25, 0.3) is 0 Å². The van der Waals surface area contributed by atoms with Crippen molar-refractivity contribution in [1.82, 2.24) is 41.7 Å². The Balaban J connectivity index is 0.000000715. The van der Waals surface area contributed by atoms with Gasteiger partial charge in [-0.2, -0.15) is 0 Å². The van der Waals surface area contributed by atoms with Crippen molar-refractivity contribution >= 4 is 84.3 Å². The van der Waals surface area contributed by atoms with E-state index in [0.29, 0.717) is 97.2 Å². The van der Waals surface area contributed by atoms with Gasteiger partial charge in [0, 0.05) is 46.1 Å². The first-order chi connectivity index (χ1) is 58.9. The van der Waals surface area contributed by atoms with Crippen LogP contribution in [-0.4, -0.2) is 315 Å². The molecule has 710 valence electrons. The van der Waals surface area contributed by atoms with E-state index in [1.54, 1.807) is 13.8 Å². The first-order valence-electron chi connectivity index (χ1n) is 41.2. The van der Waals surface area contributed by atoms with Gasteiger partial charge in [-0.3, -0.25) is 19.4 Å². The highest BCUT2D eigenvalue weighted by atomic mass is 16.6. The maximum Gasteiger partial charge on any atom is 0.407 e. The summed E-state index contributed by atoms with van der Waals surface area (Å²) in [5, 5.41) is 86.4. The number of rotatable bonds is 28. The molecule has 8 rings (SSSR count). The van der Waals surface area contributed by atoms with Gasteiger partial charge in [-0.05, 0) is 187 Å². The van der Waals surface area contributed by atoms with E-state index >= 15 is 0 Å². The molecule has 0 spiro atoms. The standard InChI is InChI=1S/C12H17NO2.3C11H19NO5.C11H13NO2.C10H17NO5.C9H15NO5.C8H15NO5/c1-3-13(4-2)11(12(14)15)10-8-6-5-7-9-10;2*1-6-4-8(5-7(2)17-6)9(10(13)14)12-11(15)16-3;1-11(2)6-7(4-5-17-11)8(9(13)14)12-10(15)16-3;13-11(14)10(12-7-4-8-12)9-5-2-1-3-6-9;1-6-5-7(3-4-16-6)8(9(12)13)11-10(14)15-2;1-14-9(13)10-7(8(11)12)6-2-4-15-5-3-6;1-4-14-5(2)6(7(10)11)9-8(12)13-3/h5-9,11H,3-4H2,1-2H3,(H,14,15);2*6-9H,4-5H2,1-3H3,(H,12,15)(H,13,14);7-8H,4-6H2,1-3H3,(H,12,15)(H,13,14);1-3,5-6,10H,4,7-8H2,(H,13,14);6-8H,3-5H2,1-2H3,(H,11,14)(H,12,13);6-7H,2-5H2,1H3,(H,10,13)(H,11,12);5-6H,4H2,1-3H3,(H,9,12)(H,10,11)/t11-;6-,7+,8?,9?;6-,7-,9?;;10-;6-,7?,8?;;/m1.1.11../s1. The number of hydrogen-bond donors (Lipinski definition) is 14. The van der Waals surface area contributed by atoms with E-state index in [1.807, 2.05) is 133 Å². The fourth-order valence-electron chi connectivity index (χ4n) is 14.6. The number of ether oxygens (including phenoxy) is 12. The van der Waals surface area contributed by atoms with Crippen molar-refractivity contribution in [2.45, 2.75) is 237 Å². The first-order valence-corrected chi connectivity index (χ1v) is 41.2. The van der Waals surface area contributed by atoms with Crippen LogP contribution in [0.5, 0.6) is 0 Å². The zero-order valence-corrected chi connectivity index (χ0v) is 74.5. The molecule has 42 heteroatoms. The highest BCUT2D eigenvalue weighted by molar-refractivity contribution is 5.84. The molecule has 6 saturated heterocycles. The highest BCUT2D eigenvalue weighted by Crippen LogP contribution is 2.33. The van der Waals surface area contributed by atoms with E-state index < -0.39 is 139 Å². The number of likely N-dealkylation sites (N-methyl/N-ethyl adjacent to an activating group) is 1.